The van der Waals surface area contributed by atoms with Gasteiger partial charge in [0.25, 0.3) is 0 Å². The van der Waals surface area contributed by atoms with Crippen molar-refractivity contribution in [2.45, 2.75) is 37.9 Å². The fourth-order valence-electron chi connectivity index (χ4n) is 2.93. The summed E-state index contributed by atoms with van der Waals surface area (Å²) in [6, 6.07) is 5.77. The van der Waals surface area contributed by atoms with E-state index in [1.54, 1.807) is 6.07 Å². The average Bonchev–Trinajstić information content (AvgIpc) is 2.58. The Balaban J connectivity index is 2.08. The maximum absolute atomic E-state index is 13.7. The first-order valence-corrected chi connectivity index (χ1v) is 5.58. The minimum atomic E-state index is -0.118. The van der Waals surface area contributed by atoms with Crippen LogP contribution in [0.25, 0.3) is 0 Å². The van der Waals surface area contributed by atoms with Gasteiger partial charge in [0.15, 0.2) is 0 Å². The summed E-state index contributed by atoms with van der Waals surface area (Å²) in [5.41, 5.74) is 7.94. The van der Waals surface area contributed by atoms with Crippen LogP contribution in [0.2, 0.25) is 0 Å². The fourth-order valence-corrected chi connectivity index (χ4v) is 2.93. The van der Waals surface area contributed by atoms with E-state index < -0.39 is 0 Å². The van der Waals surface area contributed by atoms with Gasteiger partial charge >= 0.3 is 0 Å². The maximum Gasteiger partial charge on any atom is 0.146 e. The van der Waals surface area contributed by atoms with E-state index in [0.717, 1.165) is 36.9 Å². The maximum atomic E-state index is 13.7. The van der Waals surface area contributed by atoms with Gasteiger partial charge in [-0.25, -0.2) is 4.39 Å². The molecule has 1 aromatic rings. The minimum absolute atomic E-state index is 0.00176. The molecule has 2 N–H and O–H groups in total. The minimum Gasteiger partial charge on any atom is -0.350 e. The molecule has 0 amide bonds. The second-order valence-electron chi connectivity index (χ2n) is 4.51. The number of piperidine rings is 1. The van der Waals surface area contributed by atoms with Gasteiger partial charge in [-0.1, -0.05) is 12.1 Å². The molecule has 0 saturated carbocycles. The van der Waals surface area contributed by atoms with Crippen molar-refractivity contribution in [1.82, 2.24) is 0 Å². The zero-order chi connectivity index (χ0) is 10.4. The SMILES string of the molecule is NC1CCCC2Cc3cccc(F)c3N12. The molecule has 1 fully saturated rings. The lowest BCUT2D eigenvalue weighted by Gasteiger charge is -2.37. The number of benzene rings is 1. The molecule has 1 aromatic carbocycles. The number of nitrogens with two attached hydrogens (primary N) is 1. The van der Waals surface area contributed by atoms with Crippen LogP contribution < -0.4 is 10.6 Å². The van der Waals surface area contributed by atoms with Gasteiger partial charge in [-0.05, 0) is 37.3 Å². The molecule has 2 heterocycles. The number of halogens is 1. The molecule has 3 rings (SSSR count). The van der Waals surface area contributed by atoms with Crippen LogP contribution in [0.15, 0.2) is 18.2 Å². The van der Waals surface area contributed by atoms with Crippen molar-refractivity contribution in [3.63, 3.8) is 0 Å². The molecule has 2 atom stereocenters. The molecular formula is C12H15FN2. The molecule has 0 aliphatic carbocycles. The fraction of sp³-hybridized carbons (Fsp3) is 0.500. The first-order valence-electron chi connectivity index (χ1n) is 5.58. The Kier molecular flexibility index (Phi) is 1.96. The van der Waals surface area contributed by atoms with E-state index in [4.69, 9.17) is 5.73 Å². The van der Waals surface area contributed by atoms with Crippen LogP contribution in [0.5, 0.6) is 0 Å². The van der Waals surface area contributed by atoms with E-state index in [-0.39, 0.29) is 12.0 Å². The third-order valence-corrected chi connectivity index (χ3v) is 3.57. The normalized spacial score (nSPS) is 28.8. The van der Waals surface area contributed by atoms with Crippen LogP contribution in [0.3, 0.4) is 0 Å². The monoisotopic (exact) mass is 206 g/mol. The average molecular weight is 206 g/mol. The second-order valence-corrected chi connectivity index (χ2v) is 4.51. The third kappa shape index (κ3) is 1.26. The number of fused-ring (bicyclic) bond motifs is 3. The van der Waals surface area contributed by atoms with Crippen molar-refractivity contribution in [2.24, 2.45) is 5.73 Å². The van der Waals surface area contributed by atoms with E-state index in [1.165, 1.54) is 6.07 Å². The van der Waals surface area contributed by atoms with Gasteiger partial charge < -0.3 is 10.6 Å². The molecule has 0 aromatic heterocycles. The zero-order valence-corrected chi connectivity index (χ0v) is 8.62. The molecule has 2 aliphatic heterocycles. The lowest BCUT2D eigenvalue weighted by molar-refractivity contribution is 0.398. The van der Waals surface area contributed by atoms with E-state index in [2.05, 4.69) is 4.90 Å². The Morgan fingerprint density at radius 3 is 3.07 bits per heavy atom. The van der Waals surface area contributed by atoms with Crippen molar-refractivity contribution >= 4 is 5.69 Å². The molecule has 0 bridgehead atoms. The lowest BCUT2D eigenvalue weighted by Crippen LogP contribution is -2.49. The van der Waals surface area contributed by atoms with E-state index >= 15 is 0 Å². The molecule has 0 spiro atoms. The van der Waals surface area contributed by atoms with Gasteiger partial charge in [0.1, 0.15) is 5.82 Å². The molecule has 2 unspecified atom stereocenters. The first-order chi connectivity index (χ1) is 7.27. The Morgan fingerprint density at radius 1 is 1.33 bits per heavy atom. The standard InChI is InChI=1S/C12H15FN2/c13-10-5-1-3-8-7-9-4-2-6-11(14)15(9)12(8)10/h1,3,5,9,11H,2,4,6-7,14H2. The summed E-state index contributed by atoms with van der Waals surface area (Å²) in [5, 5.41) is 0. The highest BCUT2D eigenvalue weighted by molar-refractivity contribution is 5.61. The van der Waals surface area contributed by atoms with Crippen molar-refractivity contribution in [3.8, 4) is 0 Å². The van der Waals surface area contributed by atoms with Crippen LogP contribution in [0.4, 0.5) is 10.1 Å². The molecule has 3 heteroatoms. The summed E-state index contributed by atoms with van der Waals surface area (Å²) >= 11 is 0. The Bertz CT molecular complexity index is 391. The van der Waals surface area contributed by atoms with E-state index in [1.807, 2.05) is 6.07 Å². The molecular weight excluding hydrogens is 191 g/mol. The molecule has 2 aliphatic rings. The zero-order valence-electron chi connectivity index (χ0n) is 8.62. The van der Waals surface area contributed by atoms with Gasteiger partial charge in [0.05, 0.1) is 11.9 Å². The van der Waals surface area contributed by atoms with Crippen LogP contribution >= 0.6 is 0 Å². The number of hydrogen-bond donors (Lipinski definition) is 1. The van der Waals surface area contributed by atoms with Gasteiger partial charge in [-0.15, -0.1) is 0 Å². The number of rotatable bonds is 0. The predicted molar refractivity (Wildman–Crippen MR) is 58.2 cm³/mol. The van der Waals surface area contributed by atoms with Crippen molar-refractivity contribution in [3.05, 3.63) is 29.6 Å². The van der Waals surface area contributed by atoms with Gasteiger partial charge in [-0.2, -0.15) is 0 Å². The van der Waals surface area contributed by atoms with Crippen LogP contribution in [-0.4, -0.2) is 12.2 Å². The number of hydrogen-bond acceptors (Lipinski definition) is 2. The molecule has 0 radical (unpaired) electrons. The number of para-hydroxylation sites is 1. The summed E-state index contributed by atoms with van der Waals surface area (Å²) in [7, 11) is 0. The Morgan fingerprint density at radius 2 is 2.20 bits per heavy atom. The number of nitrogens with zero attached hydrogens (tertiary/aromatic N) is 1. The highest BCUT2D eigenvalue weighted by Crippen LogP contribution is 2.39. The highest BCUT2D eigenvalue weighted by Gasteiger charge is 2.36. The second kappa shape index (κ2) is 3.20. The first kappa shape index (κ1) is 9.16. The Labute approximate surface area is 88.9 Å². The summed E-state index contributed by atoms with van der Waals surface area (Å²) in [6.45, 7) is 0. The van der Waals surface area contributed by atoms with Crippen molar-refractivity contribution in [2.75, 3.05) is 4.90 Å². The summed E-state index contributed by atoms with van der Waals surface area (Å²) in [6.07, 6.45) is 4.24. The molecule has 80 valence electrons. The molecule has 15 heavy (non-hydrogen) atoms. The Hall–Kier alpha value is -1.09. The van der Waals surface area contributed by atoms with Crippen molar-refractivity contribution in [1.29, 1.82) is 0 Å². The number of anilines is 1. The predicted octanol–water partition coefficient (Wildman–Crippen LogP) is 2.03. The summed E-state index contributed by atoms with van der Waals surface area (Å²) in [4.78, 5) is 2.09. The topological polar surface area (TPSA) is 29.3 Å². The summed E-state index contributed by atoms with van der Waals surface area (Å²) < 4.78 is 13.7. The van der Waals surface area contributed by atoms with Gasteiger partial charge in [-0.3, -0.25) is 0 Å². The largest absolute Gasteiger partial charge is 0.350 e. The van der Waals surface area contributed by atoms with Gasteiger partial charge in [0, 0.05) is 6.04 Å². The van der Waals surface area contributed by atoms with Gasteiger partial charge in [0.2, 0.25) is 0 Å². The van der Waals surface area contributed by atoms with Crippen LogP contribution in [0, 0.1) is 5.82 Å². The third-order valence-electron chi connectivity index (χ3n) is 3.57. The summed E-state index contributed by atoms with van der Waals surface area (Å²) in [5.74, 6) is -0.118. The van der Waals surface area contributed by atoms with Crippen LogP contribution in [0.1, 0.15) is 24.8 Å². The lowest BCUT2D eigenvalue weighted by atomic mass is 10.00. The van der Waals surface area contributed by atoms with Crippen molar-refractivity contribution < 1.29 is 4.39 Å². The molecule has 2 nitrogen and oxygen atoms in total. The van der Waals surface area contributed by atoms with E-state index in [9.17, 15) is 4.39 Å². The smallest absolute Gasteiger partial charge is 0.146 e. The quantitative estimate of drug-likeness (QED) is 0.703. The van der Waals surface area contributed by atoms with E-state index in [0.29, 0.717) is 6.04 Å². The molecule has 1 saturated heterocycles. The van der Waals surface area contributed by atoms with Crippen LogP contribution in [-0.2, 0) is 6.42 Å². The highest BCUT2D eigenvalue weighted by atomic mass is 19.1.